The van der Waals surface area contributed by atoms with Crippen LogP contribution in [0.1, 0.15) is 34.8 Å². The highest BCUT2D eigenvalue weighted by atomic mass is 16.1. The molecule has 0 amide bonds. The molecule has 2 aliphatic heterocycles. The second-order valence-corrected chi connectivity index (χ2v) is 5.46. The van der Waals surface area contributed by atoms with Crippen molar-refractivity contribution in [2.75, 3.05) is 19.6 Å². The second kappa shape index (κ2) is 3.69. The Morgan fingerprint density at radius 2 is 2.17 bits per heavy atom. The van der Waals surface area contributed by atoms with Crippen molar-refractivity contribution in [3.8, 4) is 0 Å². The van der Waals surface area contributed by atoms with Crippen LogP contribution in [0.15, 0.2) is 24.3 Å². The average Bonchev–Trinajstić information content (AvgIpc) is 2.74. The van der Waals surface area contributed by atoms with Crippen molar-refractivity contribution >= 4 is 16.7 Å². The van der Waals surface area contributed by atoms with E-state index in [2.05, 4.69) is 22.0 Å². The molecule has 1 fully saturated rings. The quantitative estimate of drug-likeness (QED) is 0.768. The fraction of sp³-hybridized carbons (Fsp3) is 0.400. The first-order chi connectivity index (χ1) is 8.83. The number of rotatable bonds is 0. The number of hydrogen-bond donors (Lipinski definition) is 1. The maximum absolute atomic E-state index is 12.5. The number of H-pyrrole nitrogens is 1. The molecular weight excluding hydrogens is 224 g/mol. The Balaban J connectivity index is 1.98. The molecule has 1 aromatic carbocycles. The van der Waals surface area contributed by atoms with Crippen molar-refractivity contribution in [1.82, 2.24) is 9.88 Å². The Labute approximate surface area is 106 Å². The number of fused-ring (bicyclic) bond motifs is 6. The summed E-state index contributed by atoms with van der Waals surface area (Å²) in [6.45, 7) is 2.70. The molecule has 0 aliphatic carbocycles. The monoisotopic (exact) mass is 240 g/mol. The number of nitrogens with zero attached hydrogens (tertiary/aromatic N) is 1. The van der Waals surface area contributed by atoms with Crippen LogP contribution in [0.3, 0.4) is 0 Å². The zero-order valence-electron chi connectivity index (χ0n) is 10.3. The predicted molar refractivity (Wildman–Crippen MR) is 71.0 cm³/mol. The number of ketones is 1. The summed E-state index contributed by atoms with van der Waals surface area (Å²) in [5, 5.41) is 1.10. The average molecular weight is 240 g/mol. The first kappa shape index (κ1) is 10.3. The highest BCUT2D eigenvalue weighted by molar-refractivity contribution is 6.10. The summed E-state index contributed by atoms with van der Waals surface area (Å²) in [7, 11) is 0. The molecule has 2 bridgehead atoms. The third-order valence-corrected chi connectivity index (χ3v) is 4.29. The van der Waals surface area contributed by atoms with E-state index in [0.29, 0.717) is 12.5 Å². The number of aromatic amines is 1. The Morgan fingerprint density at radius 1 is 1.28 bits per heavy atom. The molecule has 3 nitrogen and oxygen atoms in total. The predicted octanol–water partition coefficient (Wildman–Crippen LogP) is 2.54. The molecule has 0 spiro atoms. The van der Waals surface area contributed by atoms with E-state index in [1.807, 2.05) is 12.1 Å². The molecule has 1 saturated heterocycles. The van der Waals surface area contributed by atoms with Gasteiger partial charge in [0, 0.05) is 34.6 Å². The minimum Gasteiger partial charge on any atom is -0.358 e. The van der Waals surface area contributed by atoms with Crippen molar-refractivity contribution in [3.05, 3.63) is 35.5 Å². The van der Waals surface area contributed by atoms with Gasteiger partial charge in [0.2, 0.25) is 0 Å². The number of carbonyl (C=O) groups is 1. The summed E-state index contributed by atoms with van der Waals surface area (Å²) < 4.78 is 0. The molecule has 4 rings (SSSR count). The summed E-state index contributed by atoms with van der Waals surface area (Å²) in [6.07, 6.45) is 2.40. The number of nitrogens with one attached hydrogen (secondary N) is 1. The van der Waals surface area contributed by atoms with E-state index < -0.39 is 0 Å². The molecule has 2 unspecified atom stereocenters. The highest BCUT2D eigenvalue weighted by Gasteiger charge is 2.32. The van der Waals surface area contributed by atoms with Crippen molar-refractivity contribution in [2.45, 2.75) is 18.8 Å². The minimum absolute atomic E-state index is 0.284. The van der Waals surface area contributed by atoms with E-state index in [0.717, 1.165) is 29.6 Å². The standard InChI is InChI=1S/C15H16N2O/c18-13-9-17-7-3-4-10(8-17)15-14(13)11-5-1-2-6-12(11)16-15/h1-2,5-6,10,16H,3-4,7-9H2. The number of aromatic nitrogens is 1. The van der Waals surface area contributed by atoms with Gasteiger partial charge in [-0.25, -0.2) is 0 Å². The van der Waals surface area contributed by atoms with Gasteiger partial charge in [0.1, 0.15) is 0 Å². The Bertz CT molecular complexity index is 628. The lowest BCUT2D eigenvalue weighted by atomic mass is 9.93. The maximum atomic E-state index is 12.5. The zero-order chi connectivity index (χ0) is 12.1. The molecule has 0 saturated carbocycles. The van der Waals surface area contributed by atoms with E-state index in [1.165, 1.54) is 18.5 Å². The summed E-state index contributed by atoms with van der Waals surface area (Å²) in [5.41, 5.74) is 3.25. The lowest BCUT2D eigenvalue weighted by Gasteiger charge is -2.29. The number of benzene rings is 1. The van der Waals surface area contributed by atoms with Crippen molar-refractivity contribution in [3.63, 3.8) is 0 Å². The fourth-order valence-corrected chi connectivity index (χ4v) is 3.49. The lowest BCUT2D eigenvalue weighted by molar-refractivity contribution is 0.0926. The molecule has 2 atom stereocenters. The zero-order valence-corrected chi connectivity index (χ0v) is 10.3. The van der Waals surface area contributed by atoms with Crippen LogP contribution in [0.25, 0.3) is 10.9 Å². The Hall–Kier alpha value is -1.61. The van der Waals surface area contributed by atoms with Gasteiger partial charge in [0.05, 0.1) is 6.54 Å². The summed E-state index contributed by atoms with van der Waals surface area (Å²) in [5.74, 6) is 0.791. The minimum atomic E-state index is 0.284. The number of hydrogen-bond acceptors (Lipinski definition) is 2. The van der Waals surface area contributed by atoms with Crippen LogP contribution in [0.5, 0.6) is 0 Å². The summed E-state index contributed by atoms with van der Waals surface area (Å²) >= 11 is 0. The molecular formula is C15H16N2O. The largest absolute Gasteiger partial charge is 0.358 e. The molecule has 2 aliphatic rings. The van der Waals surface area contributed by atoms with Crippen LogP contribution in [-0.4, -0.2) is 35.3 Å². The smallest absolute Gasteiger partial charge is 0.179 e. The summed E-state index contributed by atoms with van der Waals surface area (Å²) in [4.78, 5) is 18.3. The first-order valence-electron chi connectivity index (χ1n) is 6.69. The normalized spacial score (nSPS) is 27.0. The van der Waals surface area contributed by atoms with Crippen LogP contribution in [0.2, 0.25) is 0 Å². The van der Waals surface area contributed by atoms with E-state index in [1.54, 1.807) is 0 Å². The molecule has 0 radical (unpaired) electrons. The van der Waals surface area contributed by atoms with Crippen molar-refractivity contribution < 1.29 is 4.79 Å². The SMILES string of the molecule is O=C1CN2CCCC(C2)c2[nH]c3ccccc3c21. The van der Waals surface area contributed by atoms with E-state index in [4.69, 9.17) is 0 Å². The second-order valence-electron chi connectivity index (χ2n) is 5.46. The molecule has 2 aromatic rings. The first-order valence-corrected chi connectivity index (χ1v) is 6.69. The molecule has 1 aromatic heterocycles. The number of Topliss-reactive ketones (excluding diaryl/α,β-unsaturated/α-hetero) is 1. The molecule has 3 heteroatoms. The van der Waals surface area contributed by atoms with Gasteiger partial charge >= 0.3 is 0 Å². The third kappa shape index (κ3) is 1.37. The van der Waals surface area contributed by atoms with Gasteiger partial charge in [-0.1, -0.05) is 18.2 Å². The molecule has 18 heavy (non-hydrogen) atoms. The van der Waals surface area contributed by atoms with Crippen LogP contribution >= 0.6 is 0 Å². The Kier molecular flexibility index (Phi) is 2.12. The van der Waals surface area contributed by atoms with Crippen LogP contribution in [0, 0.1) is 0 Å². The fourth-order valence-electron chi connectivity index (χ4n) is 3.49. The summed E-state index contributed by atoms with van der Waals surface area (Å²) in [6, 6.07) is 8.17. The van der Waals surface area contributed by atoms with Gasteiger partial charge in [0.15, 0.2) is 5.78 Å². The van der Waals surface area contributed by atoms with Crippen LogP contribution in [0.4, 0.5) is 0 Å². The van der Waals surface area contributed by atoms with Crippen molar-refractivity contribution in [2.24, 2.45) is 0 Å². The van der Waals surface area contributed by atoms with E-state index in [-0.39, 0.29) is 5.78 Å². The maximum Gasteiger partial charge on any atom is 0.179 e. The molecule has 3 heterocycles. The van der Waals surface area contributed by atoms with Gasteiger partial charge in [0.25, 0.3) is 0 Å². The number of piperidine rings is 1. The van der Waals surface area contributed by atoms with Crippen molar-refractivity contribution in [1.29, 1.82) is 0 Å². The van der Waals surface area contributed by atoms with E-state index >= 15 is 0 Å². The topological polar surface area (TPSA) is 36.1 Å². The highest BCUT2D eigenvalue weighted by Crippen LogP contribution is 2.35. The lowest BCUT2D eigenvalue weighted by Crippen LogP contribution is -2.35. The van der Waals surface area contributed by atoms with Gasteiger partial charge in [-0.2, -0.15) is 0 Å². The van der Waals surface area contributed by atoms with E-state index in [9.17, 15) is 4.79 Å². The van der Waals surface area contributed by atoms with Gasteiger partial charge < -0.3 is 4.98 Å². The van der Waals surface area contributed by atoms with Gasteiger partial charge in [-0.15, -0.1) is 0 Å². The van der Waals surface area contributed by atoms with Gasteiger partial charge in [-0.3, -0.25) is 9.69 Å². The number of carbonyl (C=O) groups excluding carboxylic acids is 1. The molecule has 92 valence electrons. The van der Waals surface area contributed by atoms with Gasteiger partial charge in [-0.05, 0) is 25.5 Å². The number of para-hydroxylation sites is 1. The molecule has 1 N–H and O–H groups in total. The third-order valence-electron chi connectivity index (χ3n) is 4.29. The Morgan fingerprint density at radius 3 is 3.11 bits per heavy atom. The van der Waals surface area contributed by atoms with Crippen LogP contribution < -0.4 is 0 Å². The van der Waals surface area contributed by atoms with Crippen LogP contribution in [-0.2, 0) is 0 Å².